The van der Waals surface area contributed by atoms with Crippen LogP contribution in [0.15, 0.2) is 99.6 Å². The van der Waals surface area contributed by atoms with Crippen LogP contribution in [0, 0.1) is 0 Å². The van der Waals surface area contributed by atoms with Gasteiger partial charge in [-0.1, -0.05) is 69.3 Å². The Bertz CT molecular complexity index is 981. The lowest BCUT2D eigenvalue weighted by Crippen LogP contribution is -2.14. The van der Waals surface area contributed by atoms with E-state index in [2.05, 4.69) is 32.9 Å². The minimum Gasteiger partial charge on any atom is -0.207 e. The topological polar surface area (TPSA) is 43.4 Å². The van der Waals surface area contributed by atoms with Gasteiger partial charge in [-0.3, -0.25) is 0 Å². The van der Waals surface area contributed by atoms with Crippen molar-refractivity contribution in [2.24, 2.45) is 0 Å². The molecule has 0 N–H and O–H groups in total. The summed E-state index contributed by atoms with van der Waals surface area (Å²) >= 11 is 0. The molecule has 0 aliphatic carbocycles. The highest BCUT2D eigenvalue weighted by molar-refractivity contribution is 8.33. The Balaban J connectivity index is 2.32. The van der Waals surface area contributed by atoms with E-state index in [-0.39, 0.29) is 5.41 Å². The number of hydrogen-bond donors (Lipinski definition) is 0. The second kappa shape index (κ2) is 7.74. The predicted octanol–water partition coefficient (Wildman–Crippen LogP) is 6.16. The van der Waals surface area contributed by atoms with Gasteiger partial charge in [-0.2, -0.15) is 8.42 Å². The van der Waals surface area contributed by atoms with Crippen molar-refractivity contribution >= 4 is 20.4 Å². The van der Waals surface area contributed by atoms with Gasteiger partial charge in [0.2, 0.25) is 0 Å². The Morgan fingerprint density at radius 1 is 0.643 bits per heavy atom. The fourth-order valence-electron chi connectivity index (χ4n) is 3.08. The average Bonchev–Trinajstić information content (AvgIpc) is 2.66. The van der Waals surface area contributed by atoms with Crippen LogP contribution in [0.2, 0.25) is 0 Å². The highest BCUT2D eigenvalue weighted by Gasteiger charge is 2.36. The van der Waals surface area contributed by atoms with Gasteiger partial charge in [-0.05, 0) is 57.7 Å². The average molecular weight is 415 g/mol. The zero-order valence-electron chi connectivity index (χ0n) is 16.6. The third kappa shape index (κ3) is 4.32. The number of hydrogen-bond acceptors (Lipinski definition) is 3. The molecular weight excluding hydrogens is 388 g/mol. The van der Waals surface area contributed by atoms with Gasteiger partial charge >= 0.3 is 0 Å². The van der Waals surface area contributed by atoms with Gasteiger partial charge in [0.1, 0.15) is 0 Å². The Morgan fingerprint density at radius 3 is 1.39 bits per heavy atom. The highest BCUT2D eigenvalue weighted by atomic mass is 32.3. The highest BCUT2D eigenvalue weighted by Crippen LogP contribution is 2.69. The van der Waals surface area contributed by atoms with Crippen molar-refractivity contribution in [1.29, 1.82) is 0 Å². The SMILES string of the molecule is CC(C)(C)c1ccc(S(OS(C)(=O)=O)(c2ccccc2)c2ccccc2)cc1. The first kappa shape index (κ1) is 20.6. The summed E-state index contributed by atoms with van der Waals surface area (Å²) in [5, 5.41) is 0. The molecule has 0 amide bonds. The molecule has 3 rings (SSSR count). The molecule has 0 radical (unpaired) electrons. The van der Waals surface area contributed by atoms with Crippen molar-refractivity contribution in [3.63, 3.8) is 0 Å². The van der Waals surface area contributed by atoms with Crippen molar-refractivity contribution in [3.8, 4) is 0 Å². The fraction of sp³-hybridized carbons (Fsp3) is 0.217. The van der Waals surface area contributed by atoms with E-state index in [1.54, 1.807) is 0 Å². The van der Waals surface area contributed by atoms with Crippen LogP contribution in [0.25, 0.3) is 0 Å². The molecule has 0 unspecified atom stereocenters. The summed E-state index contributed by atoms with van der Waals surface area (Å²) in [6.45, 7) is 6.47. The summed E-state index contributed by atoms with van der Waals surface area (Å²) in [6, 6.07) is 27.4. The molecule has 0 bridgehead atoms. The summed E-state index contributed by atoms with van der Waals surface area (Å²) < 4.78 is 30.7. The first-order chi connectivity index (χ1) is 13.1. The van der Waals surface area contributed by atoms with Crippen LogP contribution in [0.5, 0.6) is 0 Å². The molecule has 0 aromatic heterocycles. The van der Waals surface area contributed by atoms with Gasteiger partial charge in [0, 0.05) is 14.7 Å². The molecule has 0 saturated carbocycles. The standard InChI is InChI=1S/C23H26O3S2/c1-23(2,3)19-15-17-22(18-16-19)28(26-27(4,24)25,20-11-7-5-8-12-20)21-13-9-6-10-14-21/h5-18H,1-4H3. The summed E-state index contributed by atoms with van der Waals surface area (Å²) in [5.41, 5.74) is 1.19. The van der Waals surface area contributed by atoms with Crippen molar-refractivity contribution in [2.75, 3.05) is 6.26 Å². The van der Waals surface area contributed by atoms with Crippen molar-refractivity contribution in [1.82, 2.24) is 0 Å². The van der Waals surface area contributed by atoms with E-state index in [1.165, 1.54) is 5.56 Å². The van der Waals surface area contributed by atoms with Gasteiger partial charge in [-0.25, -0.2) is 3.63 Å². The first-order valence-electron chi connectivity index (χ1n) is 9.08. The lowest BCUT2D eigenvalue weighted by atomic mass is 9.87. The number of benzene rings is 3. The maximum atomic E-state index is 12.4. The van der Waals surface area contributed by atoms with E-state index in [4.69, 9.17) is 3.63 Å². The van der Waals surface area contributed by atoms with Gasteiger partial charge in [-0.15, -0.1) is 0 Å². The van der Waals surface area contributed by atoms with Gasteiger partial charge < -0.3 is 0 Å². The van der Waals surface area contributed by atoms with E-state index in [0.717, 1.165) is 20.9 Å². The van der Waals surface area contributed by atoms with E-state index >= 15 is 0 Å². The quantitative estimate of drug-likeness (QED) is 0.502. The normalized spacial score (nSPS) is 13.3. The number of rotatable bonds is 5. The molecule has 0 atom stereocenters. The van der Waals surface area contributed by atoms with E-state index < -0.39 is 20.4 Å². The van der Waals surface area contributed by atoms with Crippen LogP contribution in [0.1, 0.15) is 26.3 Å². The molecular formula is C23H26O3S2. The Kier molecular flexibility index (Phi) is 5.71. The lowest BCUT2D eigenvalue weighted by Gasteiger charge is -2.39. The van der Waals surface area contributed by atoms with Crippen LogP contribution in [0.3, 0.4) is 0 Å². The van der Waals surface area contributed by atoms with Crippen LogP contribution < -0.4 is 0 Å². The summed E-state index contributed by atoms with van der Waals surface area (Å²) in [5.74, 6) is 0. The third-order valence-corrected chi connectivity index (χ3v) is 9.04. The monoisotopic (exact) mass is 414 g/mol. The van der Waals surface area contributed by atoms with E-state index in [0.29, 0.717) is 0 Å². The molecule has 0 fully saturated rings. The lowest BCUT2D eigenvalue weighted by molar-refractivity contribution is 0.515. The fourth-order valence-corrected chi connectivity index (χ4v) is 7.92. The first-order valence-corrected chi connectivity index (χ1v) is 12.5. The third-order valence-electron chi connectivity index (χ3n) is 4.43. The molecule has 3 nitrogen and oxygen atoms in total. The zero-order chi connectivity index (χ0) is 20.4. The van der Waals surface area contributed by atoms with Crippen LogP contribution in [0.4, 0.5) is 0 Å². The molecule has 0 spiro atoms. The molecule has 0 aliphatic rings. The van der Waals surface area contributed by atoms with Gasteiger partial charge in [0.25, 0.3) is 10.1 Å². The molecule has 3 aromatic carbocycles. The summed E-state index contributed by atoms with van der Waals surface area (Å²) in [7, 11) is -6.17. The molecule has 0 heterocycles. The maximum Gasteiger partial charge on any atom is 0.274 e. The molecule has 0 aliphatic heterocycles. The van der Waals surface area contributed by atoms with Crippen molar-refractivity contribution in [2.45, 2.75) is 40.9 Å². The minimum absolute atomic E-state index is 0.00765. The smallest absolute Gasteiger partial charge is 0.207 e. The van der Waals surface area contributed by atoms with Crippen molar-refractivity contribution in [3.05, 3.63) is 90.5 Å². The van der Waals surface area contributed by atoms with Crippen LogP contribution in [-0.2, 0) is 19.2 Å². The van der Waals surface area contributed by atoms with Gasteiger partial charge in [0.05, 0.1) is 6.26 Å². The molecule has 148 valence electrons. The Labute approximate surface area is 170 Å². The molecule has 0 saturated heterocycles. The van der Waals surface area contributed by atoms with Crippen LogP contribution >= 0.6 is 10.3 Å². The zero-order valence-corrected chi connectivity index (χ0v) is 18.3. The minimum atomic E-state index is -3.73. The van der Waals surface area contributed by atoms with E-state index in [9.17, 15) is 8.42 Å². The van der Waals surface area contributed by atoms with Gasteiger partial charge in [0.15, 0.2) is 0 Å². The van der Waals surface area contributed by atoms with E-state index in [1.807, 2.05) is 72.8 Å². The van der Waals surface area contributed by atoms with Crippen molar-refractivity contribution < 1.29 is 12.0 Å². The molecule has 28 heavy (non-hydrogen) atoms. The summed E-state index contributed by atoms with van der Waals surface area (Å²) in [6.07, 6.45) is 1.12. The predicted molar refractivity (Wildman–Crippen MR) is 116 cm³/mol. The van der Waals surface area contributed by atoms with Crippen LogP contribution in [-0.4, -0.2) is 14.7 Å². The molecule has 5 heteroatoms. The second-order valence-electron chi connectivity index (χ2n) is 7.73. The maximum absolute atomic E-state index is 12.4. The summed E-state index contributed by atoms with van der Waals surface area (Å²) in [4.78, 5) is 2.54. The largest absolute Gasteiger partial charge is 0.274 e. The second-order valence-corrected chi connectivity index (χ2v) is 12.2. The Hall–Kier alpha value is -2.08. The Morgan fingerprint density at radius 2 is 1.04 bits per heavy atom. The molecule has 3 aromatic rings.